The number of anilines is 1. The predicted molar refractivity (Wildman–Crippen MR) is 268 cm³/mol. The first-order chi connectivity index (χ1) is 33.6. The number of carbonyl (C=O) groups is 4. The fourth-order valence-corrected chi connectivity index (χ4v) is 8.43. The van der Waals surface area contributed by atoms with Gasteiger partial charge in [0.2, 0.25) is 12.2 Å². The molecule has 4 heterocycles. The van der Waals surface area contributed by atoms with Crippen LogP contribution in [0.25, 0.3) is 0 Å². The lowest BCUT2D eigenvalue weighted by atomic mass is 9.99. The van der Waals surface area contributed by atoms with Gasteiger partial charge in [0.25, 0.3) is 11.8 Å². The Morgan fingerprint density at radius 2 is 0.957 bits per heavy atom. The number of morpholine rings is 2. The first-order valence-electron chi connectivity index (χ1n) is 22.1. The molecule has 6 aromatic rings. The van der Waals surface area contributed by atoms with Crippen molar-refractivity contribution >= 4 is 75.5 Å². The maximum Gasteiger partial charge on any atom is 0.415 e. The number of rotatable bonds is 9. The van der Waals surface area contributed by atoms with Crippen molar-refractivity contribution in [3.8, 4) is 23.0 Å². The van der Waals surface area contributed by atoms with Crippen molar-refractivity contribution in [2.75, 3.05) is 57.5 Å². The molecule has 1 N–H and O–H groups in total. The molecule has 4 aliphatic rings. The molecule has 4 fully saturated rings. The zero-order valence-corrected chi connectivity index (χ0v) is 40.7. The van der Waals surface area contributed by atoms with Gasteiger partial charge in [-0.3, -0.25) is 14.5 Å². The number of hydrogen-bond donors (Lipinski definition) is 1. The molecule has 0 unspecified atom stereocenters. The minimum Gasteiger partial charge on any atom is -0.457 e. The van der Waals surface area contributed by atoms with Crippen molar-refractivity contribution in [3.63, 3.8) is 0 Å². The molecule has 4 aliphatic heterocycles. The topological polar surface area (TPSA) is 145 Å². The van der Waals surface area contributed by atoms with Gasteiger partial charge in [-0.05, 0) is 131 Å². The van der Waals surface area contributed by atoms with Crippen molar-refractivity contribution in [1.82, 2.24) is 15.1 Å². The van der Waals surface area contributed by atoms with E-state index in [0.29, 0.717) is 79.8 Å². The van der Waals surface area contributed by atoms with E-state index in [1.165, 1.54) is 8.47 Å². The Hall–Kier alpha value is -6.37. The minimum atomic E-state index is -0.946. The predicted octanol–water partition coefficient (Wildman–Crippen LogP) is 10.5. The van der Waals surface area contributed by atoms with Crippen molar-refractivity contribution in [2.45, 2.75) is 24.3 Å². The number of halogens is 3. The molecule has 4 saturated heterocycles. The molecular weight excluding hydrogens is 1040 g/mol. The quantitative estimate of drug-likeness (QED) is 0.139. The lowest BCUT2D eigenvalue weighted by Crippen LogP contribution is -2.47. The van der Waals surface area contributed by atoms with E-state index in [4.69, 9.17) is 51.6 Å². The molecule has 4 atom stereocenters. The van der Waals surface area contributed by atoms with E-state index in [-0.39, 0.29) is 11.8 Å². The number of cyclic esters (lactones) is 2. The summed E-state index contributed by atoms with van der Waals surface area (Å²) in [6.45, 7) is 4.02. The number of amides is 4. The van der Waals surface area contributed by atoms with E-state index in [1.807, 2.05) is 109 Å². The number of nitrogens with one attached hydrogen (secondary N) is 1. The van der Waals surface area contributed by atoms with Gasteiger partial charge in [0, 0.05) is 45.5 Å². The van der Waals surface area contributed by atoms with Crippen LogP contribution >= 0.6 is 45.8 Å². The average Bonchev–Trinajstić information content (AvgIpc) is 3.96. The van der Waals surface area contributed by atoms with Crippen LogP contribution < -0.4 is 19.7 Å². The molecule has 0 radical (unpaired) electrons. The zero-order chi connectivity index (χ0) is 48.1. The highest BCUT2D eigenvalue weighted by Crippen LogP contribution is 2.39. The maximum absolute atomic E-state index is 13.3. The number of benzene rings is 6. The summed E-state index contributed by atoms with van der Waals surface area (Å²) in [6.07, 6.45) is -2.86. The van der Waals surface area contributed by atoms with E-state index < -0.39 is 36.5 Å². The van der Waals surface area contributed by atoms with Crippen LogP contribution in [0.2, 0.25) is 10.0 Å². The third-order valence-electron chi connectivity index (χ3n) is 11.3. The molecule has 0 spiro atoms. The SMILES string of the molecule is Clc1ccc(Oc2ccc(I)cc2)cc1.O=C([C@@H]1OC(=O)N(c2ccc(Oc3ccc(Cl)cc3)cc2)[C@H]1c1ccccc1)N1CCOCC1.O=C1N[C@@H](c2ccccc2)[C@H](C(=O)N2CCOCC2)O1. The van der Waals surface area contributed by atoms with Gasteiger partial charge in [-0.25, -0.2) is 9.59 Å². The van der Waals surface area contributed by atoms with E-state index in [0.717, 1.165) is 22.6 Å². The van der Waals surface area contributed by atoms with Gasteiger partial charge in [0.15, 0.2) is 0 Å². The third-order valence-corrected chi connectivity index (χ3v) is 12.5. The summed E-state index contributed by atoms with van der Waals surface area (Å²) in [4.78, 5) is 55.2. The average molecular weight is 1090 g/mol. The number of alkyl carbamates (subject to hydrolysis) is 1. The molecule has 0 aromatic heterocycles. The molecule has 69 heavy (non-hydrogen) atoms. The highest BCUT2D eigenvalue weighted by Gasteiger charge is 2.49. The summed E-state index contributed by atoms with van der Waals surface area (Å²) in [5.41, 5.74) is 2.30. The van der Waals surface area contributed by atoms with E-state index in [9.17, 15) is 19.2 Å². The van der Waals surface area contributed by atoms with Crippen LogP contribution in [0.1, 0.15) is 23.2 Å². The lowest BCUT2D eigenvalue weighted by Gasteiger charge is -2.31. The summed E-state index contributed by atoms with van der Waals surface area (Å²) >= 11 is 14.0. The van der Waals surface area contributed by atoms with Gasteiger partial charge in [-0.1, -0.05) is 83.9 Å². The van der Waals surface area contributed by atoms with Crippen LogP contribution in [0.4, 0.5) is 15.3 Å². The molecule has 17 heteroatoms. The Bertz CT molecular complexity index is 2600. The lowest BCUT2D eigenvalue weighted by molar-refractivity contribution is -0.144. The summed E-state index contributed by atoms with van der Waals surface area (Å²) in [6, 6.07) is 47.2. The Labute approximate surface area is 423 Å². The Balaban J connectivity index is 0.000000155. The minimum absolute atomic E-state index is 0.166. The molecule has 0 bridgehead atoms. The van der Waals surface area contributed by atoms with Gasteiger partial charge in [0.05, 0.1) is 26.4 Å². The van der Waals surface area contributed by atoms with E-state index in [2.05, 4.69) is 27.9 Å². The van der Waals surface area contributed by atoms with Crippen molar-refractivity contribution in [1.29, 1.82) is 0 Å². The highest BCUT2D eigenvalue weighted by molar-refractivity contribution is 14.1. The maximum atomic E-state index is 13.3. The molecular formula is C52H47Cl2IN4O10. The third kappa shape index (κ3) is 13.0. The number of carbonyl (C=O) groups excluding carboxylic acids is 4. The summed E-state index contributed by atoms with van der Waals surface area (Å²) < 4.78 is 34.1. The van der Waals surface area contributed by atoms with Gasteiger partial charge >= 0.3 is 12.2 Å². The molecule has 6 aromatic carbocycles. The van der Waals surface area contributed by atoms with Crippen molar-refractivity contribution < 1.29 is 47.6 Å². The fourth-order valence-electron chi connectivity index (χ4n) is 7.82. The van der Waals surface area contributed by atoms with Crippen LogP contribution in [0.5, 0.6) is 23.0 Å². The molecule has 10 rings (SSSR count). The smallest absolute Gasteiger partial charge is 0.415 e. The molecule has 0 saturated carbocycles. The van der Waals surface area contributed by atoms with Crippen LogP contribution in [0.15, 0.2) is 158 Å². The van der Waals surface area contributed by atoms with Crippen molar-refractivity contribution in [2.24, 2.45) is 0 Å². The largest absolute Gasteiger partial charge is 0.457 e. The first kappa shape index (κ1) is 49.1. The monoisotopic (exact) mass is 1080 g/mol. The Kier molecular flexibility index (Phi) is 16.9. The molecule has 0 aliphatic carbocycles. The van der Waals surface area contributed by atoms with Gasteiger partial charge < -0.3 is 43.5 Å². The van der Waals surface area contributed by atoms with Gasteiger partial charge in [0.1, 0.15) is 35.1 Å². The number of nitrogens with zero attached hydrogens (tertiary/aromatic N) is 3. The summed E-state index contributed by atoms with van der Waals surface area (Å²) in [7, 11) is 0. The zero-order valence-electron chi connectivity index (χ0n) is 37.0. The Morgan fingerprint density at radius 1 is 0.536 bits per heavy atom. The fraction of sp³-hybridized carbons (Fsp3) is 0.231. The molecule has 4 amide bonds. The second-order valence-electron chi connectivity index (χ2n) is 15.8. The van der Waals surface area contributed by atoms with Crippen LogP contribution in [0.3, 0.4) is 0 Å². The normalized spacial score (nSPS) is 19.7. The molecule has 14 nitrogen and oxygen atoms in total. The summed E-state index contributed by atoms with van der Waals surface area (Å²) in [5.74, 6) is 2.50. The summed E-state index contributed by atoms with van der Waals surface area (Å²) in [5, 5.41) is 4.04. The van der Waals surface area contributed by atoms with Crippen LogP contribution in [0, 0.1) is 3.57 Å². The highest BCUT2D eigenvalue weighted by atomic mass is 127. The van der Waals surface area contributed by atoms with E-state index in [1.54, 1.807) is 58.3 Å². The second kappa shape index (κ2) is 23.8. The van der Waals surface area contributed by atoms with Gasteiger partial charge in [-0.15, -0.1) is 0 Å². The number of hydrogen-bond acceptors (Lipinski definition) is 10. The van der Waals surface area contributed by atoms with Crippen LogP contribution in [-0.2, 0) is 28.5 Å². The van der Waals surface area contributed by atoms with Crippen LogP contribution in [-0.4, -0.2) is 98.6 Å². The van der Waals surface area contributed by atoms with Gasteiger partial charge in [-0.2, -0.15) is 0 Å². The first-order valence-corrected chi connectivity index (χ1v) is 24.0. The number of ether oxygens (including phenoxy) is 6. The Morgan fingerprint density at radius 3 is 1.43 bits per heavy atom. The second-order valence-corrected chi connectivity index (χ2v) is 17.9. The van der Waals surface area contributed by atoms with E-state index >= 15 is 0 Å². The molecule has 356 valence electrons. The van der Waals surface area contributed by atoms with Crippen molar-refractivity contribution in [3.05, 3.63) is 182 Å². The standard InChI is InChI=1S/C26H23ClN2O5.C14H16N2O4.C12H8ClIO/c27-19-6-10-21(11-7-19)33-22-12-8-20(9-13-22)29-23(18-4-2-1-3-5-18)24(34-26(29)31)25(30)28-14-16-32-17-15-28;17-13(16-6-8-19-9-7-16)12-11(15-14(18)20-12)10-4-2-1-3-5-10;13-9-1-5-11(6-2-9)15-12-7-3-10(14)4-8-12/h1-13,23-24H,14-17H2;1-5,11-12H,6-9H2,(H,15,18);1-8H/t23-,24+;11-,12+;/m00./s1.